The molecule has 0 spiro atoms. The second kappa shape index (κ2) is 7.16. The molecule has 18 heavy (non-hydrogen) atoms. The maximum atomic E-state index is 5.98. The highest BCUT2D eigenvalue weighted by Gasteiger charge is 2.20. The topological polar surface area (TPSA) is 3.24 Å². The predicted molar refractivity (Wildman–Crippen MR) is 79.2 cm³/mol. The molecule has 0 unspecified atom stereocenters. The van der Waals surface area contributed by atoms with Gasteiger partial charge in [0.25, 0.3) is 0 Å². The third-order valence-electron chi connectivity index (χ3n) is 4.10. The first kappa shape index (κ1) is 13.9. The lowest BCUT2D eigenvalue weighted by Crippen LogP contribution is -2.37. The summed E-state index contributed by atoms with van der Waals surface area (Å²) in [6.45, 7) is 4.28. The van der Waals surface area contributed by atoms with Gasteiger partial charge in [-0.1, -0.05) is 43.5 Å². The summed E-state index contributed by atoms with van der Waals surface area (Å²) in [5.41, 5.74) is 2.85. The van der Waals surface area contributed by atoms with Crippen LogP contribution in [0.15, 0.2) is 24.3 Å². The second-order valence-corrected chi connectivity index (χ2v) is 5.76. The van der Waals surface area contributed by atoms with Gasteiger partial charge in [-0.05, 0) is 30.9 Å². The smallest absolute Gasteiger partial charge is 0.0351 e. The molecule has 1 fully saturated rings. The molecule has 0 bridgehead atoms. The van der Waals surface area contributed by atoms with Crippen molar-refractivity contribution in [2.75, 3.05) is 12.4 Å². The van der Waals surface area contributed by atoms with Crippen molar-refractivity contribution in [1.82, 2.24) is 4.90 Å². The molecule has 1 aromatic rings. The molecule has 0 heterocycles. The van der Waals surface area contributed by atoms with Crippen LogP contribution in [0.1, 0.15) is 43.2 Å². The van der Waals surface area contributed by atoms with Crippen molar-refractivity contribution < 1.29 is 0 Å². The minimum absolute atomic E-state index is 0.738. The van der Waals surface area contributed by atoms with Gasteiger partial charge >= 0.3 is 0 Å². The van der Waals surface area contributed by atoms with E-state index in [0.29, 0.717) is 0 Å². The summed E-state index contributed by atoms with van der Waals surface area (Å²) >= 11 is 5.98. The Morgan fingerprint density at radius 2 is 1.89 bits per heavy atom. The van der Waals surface area contributed by atoms with Gasteiger partial charge in [0.15, 0.2) is 0 Å². The van der Waals surface area contributed by atoms with Gasteiger partial charge < -0.3 is 0 Å². The number of hydrogen-bond donors (Lipinski definition) is 0. The zero-order valence-corrected chi connectivity index (χ0v) is 12.1. The fourth-order valence-corrected chi connectivity index (χ4v) is 3.17. The molecule has 2 rings (SSSR count). The summed E-state index contributed by atoms with van der Waals surface area (Å²) < 4.78 is 0. The molecule has 0 saturated heterocycles. The molecular weight excluding hydrogens is 242 g/mol. The van der Waals surface area contributed by atoms with Crippen LogP contribution in [0.2, 0.25) is 0 Å². The number of benzene rings is 1. The van der Waals surface area contributed by atoms with Crippen LogP contribution >= 0.6 is 11.6 Å². The van der Waals surface area contributed by atoms with Crippen LogP contribution in [0.25, 0.3) is 0 Å². The van der Waals surface area contributed by atoms with Crippen molar-refractivity contribution in [3.05, 3.63) is 35.4 Å². The van der Waals surface area contributed by atoms with Crippen LogP contribution in [0.3, 0.4) is 0 Å². The van der Waals surface area contributed by atoms with Gasteiger partial charge in [0.2, 0.25) is 0 Å². The van der Waals surface area contributed by atoms with Gasteiger partial charge in [-0.3, -0.25) is 4.90 Å². The molecule has 0 aliphatic heterocycles. The van der Waals surface area contributed by atoms with Crippen molar-refractivity contribution in [1.29, 1.82) is 0 Å². The average Bonchev–Trinajstić information content (AvgIpc) is 2.42. The summed E-state index contributed by atoms with van der Waals surface area (Å²) in [5.74, 6) is 0.738. The van der Waals surface area contributed by atoms with Gasteiger partial charge in [-0.25, -0.2) is 0 Å². The number of rotatable bonds is 5. The fraction of sp³-hybridized carbons (Fsp3) is 0.625. The fourth-order valence-electron chi connectivity index (χ4n) is 2.95. The van der Waals surface area contributed by atoms with Crippen LogP contribution in [0, 0.1) is 6.92 Å². The molecule has 1 saturated carbocycles. The van der Waals surface area contributed by atoms with E-state index in [9.17, 15) is 0 Å². The first-order chi connectivity index (χ1) is 8.81. The normalized spacial score (nSPS) is 17.3. The van der Waals surface area contributed by atoms with E-state index in [0.717, 1.165) is 25.0 Å². The Labute approximate surface area is 116 Å². The Kier molecular flexibility index (Phi) is 5.52. The number of hydrogen-bond acceptors (Lipinski definition) is 1. The molecule has 0 radical (unpaired) electrons. The Morgan fingerprint density at radius 1 is 1.17 bits per heavy atom. The quantitative estimate of drug-likeness (QED) is 0.715. The van der Waals surface area contributed by atoms with Crippen LogP contribution < -0.4 is 0 Å². The molecule has 0 amide bonds. The third kappa shape index (κ3) is 3.73. The summed E-state index contributed by atoms with van der Waals surface area (Å²) in [4.78, 5) is 2.59. The van der Waals surface area contributed by atoms with E-state index in [4.69, 9.17) is 11.6 Å². The summed E-state index contributed by atoms with van der Waals surface area (Å²) in [6, 6.07) is 9.46. The minimum Gasteiger partial charge on any atom is -0.295 e. The van der Waals surface area contributed by atoms with E-state index in [1.807, 2.05) is 0 Å². The zero-order valence-electron chi connectivity index (χ0n) is 11.4. The van der Waals surface area contributed by atoms with E-state index in [1.165, 1.54) is 43.2 Å². The Hall–Kier alpha value is -0.530. The van der Waals surface area contributed by atoms with E-state index in [-0.39, 0.29) is 0 Å². The summed E-state index contributed by atoms with van der Waals surface area (Å²) in [5, 5.41) is 0. The van der Waals surface area contributed by atoms with Crippen molar-refractivity contribution in [2.24, 2.45) is 0 Å². The largest absolute Gasteiger partial charge is 0.295 e. The predicted octanol–water partition coefficient (Wildman–Crippen LogP) is 4.37. The summed E-state index contributed by atoms with van der Waals surface area (Å²) in [6.07, 6.45) is 6.88. The molecular formula is C16H24ClN. The van der Waals surface area contributed by atoms with E-state index < -0.39 is 0 Å². The Morgan fingerprint density at radius 3 is 2.56 bits per heavy atom. The van der Waals surface area contributed by atoms with Crippen molar-refractivity contribution in [3.63, 3.8) is 0 Å². The molecule has 1 aromatic carbocycles. The highest BCUT2D eigenvalue weighted by molar-refractivity contribution is 6.18. The lowest BCUT2D eigenvalue weighted by molar-refractivity contribution is 0.157. The third-order valence-corrected chi connectivity index (χ3v) is 4.27. The molecule has 1 aliphatic carbocycles. The van der Waals surface area contributed by atoms with Crippen LogP contribution in [0.5, 0.6) is 0 Å². The number of alkyl halides is 1. The van der Waals surface area contributed by atoms with Crippen molar-refractivity contribution in [3.8, 4) is 0 Å². The molecule has 0 aromatic heterocycles. The maximum absolute atomic E-state index is 5.98. The van der Waals surface area contributed by atoms with Crippen molar-refractivity contribution >= 4 is 11.6 Å². The molecule has 1 aliphatic rings. The minimum atomic E-state index is 0.738. The Balaban J connectivity index is 2.03. The lowest BCUT2D eigenvalue weighted by atomic mass is 9.93. The van der Waals surface area contributed by atoms with Gasteiger partial charge in [-0.15, -0.1) is 11.6 Å². The van der Waals surface area contributed by atoms with Gasteiger partial charge in [0, 0.05) is 25.0 Å². The van der Waals surface area contributed by atoms with Crippen LogP contribution in [0.4, 0.5) is 0 Å². The lowest BCUT2D eigenvalue weighted by Gasteiger charge is -2.34. The van der Waals surface area contributed by atoms with Gasteiger partial charge in [0.1, 0.15) is 0 Å². The first-order valence-corrected chi connectivity index (χ1v) is 7.69. The van der Waals surface area contributed by atoms with E-state index in [1.54, 1.807) is 0 Å². The summed E-state index contributed by atoms with van der Waals surface area (Å²) in [7, 11) is 0. The number of aryl methyl sites for hydroxylation is 1. The molecule has 100 valence electrons. The monoisotopic (exact) mass is 265 g/mol. The molecule has 2 heteroatoms. The molecule has 0 atom stereocenters. The van der Waals surface area contributed by atoms with Gasteiger partial charge in [-0.2, -0.15) is 0 Å². The van der Waals surface area contributed by atoms with Crippen molar-refractivity contribution in [2.45, 2.75) is 51.6 Å². The van der Waals surface area contributed by atoms with Crippen LogP contribution in [-0.2, 0) is 6.54 Å². The van der Waals surface area contributed by atoms with E-state index >= 15 is 0 Å². The Bertz CT molecular complexity index is 358. The zero-order chi connectivity index (χ0) is 12.8. The molecule has 1 nitrogen and oxygen atoms in total. The van der Waals surface area contributed by atoms with E-state index in [2.05, 4.69) is 36.1 Å². The second-order valence-electron chi connectivity index (χ2n) is 5.38. The first-order valence-electron chi connectivity index (χ1n) is 7.16. The standard InChI is InChI=1S/C16H24ClN/c1-14-7-5-6-8-15(14)13-18(12-11-17)16-9-3-2-4-10-16/h5-8,16H,2-4,9-13H2,1H3. The highest BCUT2D eigenvalue weighted by atomic mass is 35.5. The number of nitrogens with zero attached hydrogens (tertiary/aromatic N) is 1. The maximum Gasteiger partial charge on any atom is 0.0351 e. The number of halogens is 1. The SMILES string of the molecule is Cc1ccccc1CN(CCCl)C1CCCCC1. The highest BCUT2D eigenvalue weighted by Crippen LogP contribution is 2.24. The average molecular weight is 266 g/mol. The van der Waals surface area contributed by atoms with Crippen LogP contribution in [-0.4, -0.2) is 23.4 Å². The van der Waals surface area contributed by atoms with Gasteiger partial charge in [0.05, 0.1) is 0 Å². The molecule has 0 N–H and O–H groups in total.